The number of rotatable bonds is 19. The third-order valence-electron chi connectivity index (χ3n) is 5.22. The van der Waals surface area contributed by atoms with Crippen molar-refractivity contribution in [1.29, 1.82) is 0 Å². The molecule has 36 heavy (non-hydrogen) atoms. The summed E-state index contributed by atoms with van der Waals surface area (Å²) in [4.78, 5) is 71.5. The maximum atomic E-state index is 13.0. The van der Waals surface area contributed by atoms with Gasteiger partial charge in [-0.05, 0) is 51.0 Å². The standard InChI is InChI=1S/C22H40N6O8/c1-12(2)11-16(28-19(32)13(24)6-8-17(25)29)21(34)26-14(5-3-4-10-23)20(33)27-15(22(35)36)7-9-18(30)31/h12-16H,3-11,23-24H2,1-2H3,(H2,25,29)(H,26,34)(H,27,33)(H,28,32)(H,30,31)(H,35,36). The Morgan fingerprint density at radius 2 is 1.31 bits per heavy atom. The molecule has 4 amide bonds. The Morgan fingerprint density at radius 3 is 1.81 bits per heavy atom. The molecule has 4 atom stereocenters. The number of carbonyl (C=O) groups excluding carboxylic acids is 4. The Bertz CT molecular complexity index is 776. The molecule has 14 nitrogen and oxygen atoms in total. The van der Waals surface area contributed by atoms with Gasteiger partial charge in [0.2, 0.25) is 23.6 Å². The summed E-state index contributed by atoms with van der Waals surface area (Å²) in [5, 5.41) is 25.5. The van der Waals surface area contributed by atoms with Gasteiger partial charge in [0.1, 0.15) is 18.1 Å². The van der Waals surface area contributed by atoms with Crippen LogP contribution in [0.3, 0.4) is 0 Å². The van der Waals surface area contributed by atoms with Crippen LogP contribution in [0.15, 0.2) is 0 Å². The van der Waals surface area contributed by atoms with E-state index in [4.69, 9.17) is 22.3 Å². The summed E-state index contributed by atoms with van der Waals surface area (Å²) in [6.45, 7) is 3.99. The molecule has 4 unspecified atom stereocenters. The number of aliphatic carboxylic acids is 2. The number of hydrogen-bond acceptors (Lipinski definition) is 8. The summed E-state index contributed by atoms with van der Waals surface area (Å²) in [6.07, 6.45) is 0.422. The molecule has 0 aliphatic carbocycles. The highest BCUT2D eigenvalue weighted by Gasteiger charge is 2.30. The van der Waals surface area contributed by atoms with Crippen LogP contribution < -0.4 is 33.2 Å². The normalized spacial score (nSPS) is 14.2. The van der Waals surface area contributed by atoms with E-state index in [-0.39, 0.29) is 38.0 Å². The minimum absolute atomic E-state index is 0.00573. The fourth-order valence-corrected chi connectivity index (χ4v) is 3.24. The average Bonchev–Trinajstić information content (AvgIpc) is 2.77. The van der Waals surface area contributed by atoms with E-state index in [2.05, 4.69) is 16.0 Å². The van der Waals surface area contributed by atoms with Crippen LogP contribution in [0.5, 0.6) is 0 Å². The fraction of sp³-hybridized carbons (Fsp3) is 0.727. The number of nitrogens with two attached hydrogens (primary N) is 3. The third kappa shape index (κ3) is 14.2. The minimum atomic E-state index is -1.46. The number of carboxylic acid groups (broad SMARTS) is 2. The predicted octanol–water partition coefficient (Wildman–Crippen LogP) is -1.84. The number of carbonyl (C=O) groups is 6. The van der Waals surface area contributed by atoms with E-state index in [9.17, 15) is 33.9 Å². The second-order valence-electron chi connectivity index (χ2n) is 8.98. The summed E-state index contributed by atoms with van der Waals surface area (Å²) < 4.78 is 0. The first kappa shape index (κ1) is 32.7. The molecule has 0 saturated carbocycles. The Kier molecular flexibility index (Phi) is 15.7. The molecule has 14 heteroatoms. The van der Waals surface area contributed by atoms with Gasteiger partial charge in [-0.1, -0.05) is 13.8 Å². The van der Waals surface area contributed by atoms with Gasteiger partial charge in [-0.25, -0.2) is 4.79 Å². The second kappa shape index (κ2) is 17.2. The lowest BCUT2D eigenvalue weighted by Crippen LogP contribution is -2.57. The zero-order valence-electron chi connectivity index (χ0n) is 20.8. The van der Waals surface area contributed by atoms with Crippen molar-refractivity contribution in [3.63, 3.8) is 0 Å². The second-order valence-corrected chi connectivity index (χ2v) is 8.98. The summed E-state index contributed by atoms with van der Waals surface area (Å²) in [6, 6.07) is -4.74. The zero-order valence-corrected chi connectivity index (χ0v) is 20.8. The van der Waals surface area contributed by atoms with E-state index in [1.807, 2.05) is 13.8 Å². The highest BCUT2D eigenvalue weighted by atomic mass is 16.4. The molecule has 0 radical (unpaired) electrons. The molecule has 0 aliphatic heterocycles. The molecule has 0 aromatic carbocycles. The quantitative estimate of drug-likeness (QED) is 0.0889. The summed E-state index contributed by atoms with van der Waals surface area (Å²) in [5.41, 5.74) is 16.4. The van der Waals surface area contributed by atoms with E-state index >= 15 is 0 Å². The number of hydrogen-bond donors (Lipinski definition) is 8. The van der Waals surface area contributed by atoms with E-state index in [0.29, 0.717) is 19.4 Å². The Hall–Kier alpha value is -3.26. The molecule has 0 spiro atoms. The SMILES string of the molecule is CC(C)CC(NC(=O)C(N)CCC(N)=O)C(=O)NC(CCCCN)C(=O)NC(CCC(=O)O)C(=O)O. The van der Waals surface area contributed by atoms with Gasteiger partial charge in [0.15, 0.2) is 0 Å². The molecule has 11 N–H and O–H groups in total. The maximum absolute atomic E-state index is 13.0. The summed E-state index contributed by atoms with van der Waals surface area (Å²) in [7, 11) is 0. The molecule has 0 aliphatic rings. The lowest BCUT2D eigenvalue weighted by molar-refractivity contribution is -0.143. The minimum Gasteiger partial charge on any atom is -0.481 e. The van der Waals surface area contributed by atoms with Gasteiger partial charge < -0.3 is 43.4 Å². The first-order valence-electron chi connectivity index (χ1n) is 11.9. The van der Waals surface area contributed by atoms with Gasteiger partial charge in [0, 0.05) is 12.8 Å². The van der Waals surface area contributed by atoms with Crippen molar-refractivity contribution < 1.29 is 39.0 Å². The highest BCUT2D eigenvalue weighted by molar-refractivity contribution is 5.94. The van der Waals surface area contributed by atoms with Crippen LogP contribution in [-0.4, -0.2) is 76.5 Å². The Morgan fingerprint density at radius 1 is 0.750 bits per heavy atom. The number of unbranched alkanes of at least 4 members (excludes halogenated alkanes) is 1. The number of nitrogens with one attached hydrogen (secondary N) is 3. The largest absolute Gasteiger partial charge is 0.481 e. The molecule has 0 aromatic heterocycles. The lowest BCUT2D eigenvalue weighted by atomic mass is 10.0. The molecular weight excluding hydrogens is 476 g/mol. The first-order chi connectivity index (χ1) is 16.8. The van der Waals surface area contributed by atoms with Crippen LogP contribution in [0.4, 0.5) is 0 Å². The van der Waals surface area contributed by atoms with E-state index in [1.165, 1.54) is 0 Å². The number of primary amides is 1. The van der Waals surface area contributed by atoms with Crippen LogP contribution in [0.1, 0.15) is 65.2 Å². The van der Waals surface area contributed by atoms with E-state index in [0.717, 1.165) is 0 Å². The topological polar surface area (TPSA) is 257 Å². The smallest absolute Gasteiger partial charge is 0.326 e. The van der Waals surface area contributed by atoms with Gasteiger partial charge in [0.05, 0.1) is 6.04 Å². The van der Waals surface area contributed by atoms with Crippen LogP contribution in [0.25, 0.3) is 0 Å². The Balaban J connectivity index is 5.51. The first-order valence-corrected chi connectivity index (χ1v) is 11.9. The average molecular weight is 517 g/mol. The van der Waals surface area contributed by atoms with Crippen molar-refractivity contribution in [3.8, 4) is 0 Å². The van der Waals surface area contributed by atoms with Crippen molar-refractivity contribution in [3.05, 3.63) is 0 Å². The van der Waals surface area contributed by atoms with Crippen molar-refractivity contribution >= 4 is 35.6 Å². The van der Waals surface area contributed by atoms with Crippen molar-refractivity contribution in [2.45, 2.75) is 89.4 Å². The van der Waals surface area contributed by atoms with Crippen LogP contribution in [0, 0.1) is 5.92 Å². The van der Waals surface area contributed by atoms with Crippen molar-refractivity contribution in [1.82, 2.24) is 16.0 Å². The van der Waals surface area contributed by atoms with Crippen LogP contribution in [-0.2, 0) is 28.8 Å². The lowest BCUT2D eigenvalue weighted by Gasteiger charge is -2.26. The molecule has 0 rings (SSSR count). The van der Waals surface area contributed by atoms with Crippen molar-refractivity contribution in [2.24, 2.45) is 23.1 Å². The van der Waals surface area contributed by atoms with Gasteiger partial charge >= 0.3 is 11.9 Å². The monoisotopic (exact) mass is 516 g/mol. The molecule has 0 bridgehead atoms. The fourth-order valence-electron chi connectivity index (χ4n) is 3.24. The third-order valence-corrected chi connectivity index (χ3v) is 5.22. The Labute approximate surface area is 210 Å². The van der Waals surface area contributed by atoms with Gasteiger partial charge in [-0.15, -0.1) is 0 Å². The molecule has 206 valence electrons. The van der Waals surface area contributed by atoms with E-state index < -0.39 is 66.2 Å². The number of carboxylic acids is 2. The predicted molar refractivity (Wildman–Crippen MR) is 129 cm³/mol. The molecule has 0 aromatic rings. The molecule has 0 saturated heterocycles. The van der Waals surface area contributed by atoms with E-state index in [1.54, 1.807) is 0 Å². The highest BCUT2D eigenvalue weighted by Crippen LogP contribution is 2.09. The molecular formula is C22H40N6O8. The summed E-state index contributed by atoms with van der Waals surface area (Å²) >= 11 is 0. The number of amides is 4. The van der Waals surface area contributed by atoms with Crippen molar-refractivity contribution in [2.75, 3.05) is 6.54 Å². The maximum Gasteiger partial charge on any atom is 0.326 e. The summed E-state index contributed by atoms with van der Waals surface area (Å²) in [5.74, 6) is -5.42. The van der Waals surface area contributed by atoms with Crippen LogP contribution >= 0.6 is 0 Å². The van der Waals surface area contributed by atoms with Crippen LogP contribution in [0.2, 0.25) is 0 Å². The zero-order chi connectivity index (χ0) is 27.8. The molecule has 0 heterocycles. The molecule has 0 fully saturated rings. The van der Waals surface area contributed by atoms with Gasteiger partial charge in [-0.3, -0.25) is 24.0 Å². The van der Waals surface area contributed by atoms with Gasteiger partial charge in [0.25, 0.3) is 0 Å². The van der Waals surface area contributed by atoms with Gasteiger partial charge in [-0.2, -0.15) is 0 Å².